The van der Waals surface area contributed by atoms with Crippen molar-refractivity contribution in [1.29, 1.82) is 0 Å². The molecule has 7 nitrogen and oxygen atoms in total. The van der Waals surface area contributed by atoms with Gasteiger partial charge in [0.05, 0.1) is 0 Å². The SMILES string of the molecule is OCCCNc1nc(NCCc2ccc(F)cc2)nc(NCCc2ccc(F)cc2)n1. The molecule has 1 heterocycles. The fourth-order valence-electron chi connectivity index (χ4n) is 2.83. The molecule has 4 N–H and O–H groups in total. The van der Waals surface area contributed by atoms with E-state index in [4.69, 9.17) is 5.11 Å². The second kappa shape index (κ2) is 11.8. The highest BCUT2D eigenvalue weighted by atomic mass is 19.1. The lowest BCUT2D eigenvalue weighted by atomic mass is 10.1. The lowest BCUT2D eigenvalue weighted by Gasteiger charge is -2.11. The number of nitrogens with one attached hydrogen (secondary N) is 3. The standard InChI is InChI=1S/C22H26F2N6O/c23-18-6-2-16(3-7-18)10-13-26-21-28-20(25-12-1-15-31)29-22(30-21)27-14-11-17-4-8-19(24)9-5-17/h2-9,31H,1,10-15H2,(H3,25,26,27,28,29,30). The van der Waals surface area contributed by atoms with Crippen LogP contribution in [-0.2, 0) is 12.8 Å². The van der Waals surface area contributed by atoms with Gasteiger partial charge in [0.25, 0.3) is 0 Å². The van der Waals surface area contributed by atoms with Crippen LogP contribution in [0.1, 0.15) is 17.5 Å². The Bertz CT molecular complexity index is 868. The predicted molar refractivity (Wildman–Crippen MR) is 117 cm³/mol. The molecule has 0 atom stereocenters. The minimum Gasteiger partial charge on any atom is -0.396 e. The highest BCUT2D eigenvalue weighted by Crippen LogP contribution is 2.11. The molecule has 0 saturated carbocycles. The molecule has 0 fully saturated rings. The third-order valence-corrected chi connectivity index (χ3v) is 4.47. The number of hydrogen-bond donors (Lipinski definition) is 4. The van der Waals surface area contributed by atoms with Gasteiger partial charge in [0, 0.05) is 26.2 Å². The summed E-state index contributed by atoms with van der Waals surface area (Å²) in [5, 5.41) is 18.4. The molecule has 3 rings (SSSR count). The van der Waals surface area contributed by atoms with Crippen molar-refractivity contribution in [3.8, 4) is 0 Å². The number of rotatable bonds is 12. The van der Waals surface area contributed by atoms with Gasteiger partial charge in [0.2, 0.25) is 17.8 Å². The smallest absolute Gasteiger partial charge is 0.229 e. The van der Waals surface area contributed by atoms with Gasteiger partial charge < -0.3 is 21.1 Å². The Labute approximate surface area is 180 Å². The Kier molecular flexibility index (Phi) is 8.48. The van der Waals surface area contributed by atoms with E-state index in [0.717, 1.165) is 11.1 Å². The first-order valence-electron chi connectivity index (χ1n) is 10.2. The Morgan fingerprint density at radius 3 is 1.39 bits per heavy atom. The number of aliphatic hydroxyl groups excluding tert-OH is 1. The van der Waals surface area contributed by atoms with Crippen molar-refractivity contribution >= 4 is 17.8 Å². The molecule has 0 radical (unpaired) electrons. The maximum absolute atomic E-state index is 13.0. The molecule has 164 valence electrons. The van der Waals surface area contributed by atoms with E-state index in [1.165, 1.54) is 24.3 Å². The quantitative estimate of drug-likeness (QED) is 0.329. The van der Waals surface area contributed by atoms with Gasteiger partial charge >= 0.3 is 0 Å². The summed E-state index contributed by atoms with van der Waals surface area (Å²) in [7, 11) is 0. The average molecular weight is 428 g/mol. The van der Waals surface area contributed by atoms with Crippen LogP contribution in [0.4, 0.5) is 26.6 Å². The highest BCUT2D eigenvalue weighted by molar-refractivity contribution is 5.42. The Hall–Kier alpha value is -3.33. The van der Waals surface area contributed by atoms with Crippen LogP contribution in [0.25, 0.3) is 0 Å². The van der Waals surface area contributed by atoms with Crippen molar-refractivity contribution in [2.45, 2.75) is 19.3 Å². The molecule has 0 spiro atoms. The molecule has 0 bridgehead atoms. The van der Waals surface area contributed by atoms with E-state index < -0.39 is 0 Å². The van der Waals surface area contributed by atoms with Crippen LogP contribution in [0.2, 0.25) is 0 Å². The number of aromatic nitrogens is 3. The number of anilines is 3. The van der Waals surface area contributed by atoms with Crippen LogP contribution >= 0.6 is 0 Å². The van der Waals surface area contributed by atoms with Crippen LogP contribution in [-0.4, -0.2) is 46.3 Å². The van der Waals surface area contributed by atoms with Gasteiger partial charge in [-0.05, 0) is 54.7 Å². The van der Waals surface area contributed by atoms with Crippen molar-refractivity contribution in [2.75, 3.05) is 42.2 Å². The first-order valence-corrected chi connectivity index (χ1v) is 10.2. The minimum atomic E-state index is -0.260. The first kappa shape index (κ1) is 22.4. The van der Waals surface area contributed by atoms with E-state index >= 15 is 0 Å². The van der Waals surface area contributed by atoms with Crippen LogP contribution in [0, 0.1) is 11.6 Å². The molecular formula is C22H26F2N6O. The Morgan fingerprint density at radius 1 is 0.613 bits per heavy atom. The second-order valence-corrected chi connectivity index (χ2v) is 6.92. The monoisotopic (exact) mass is 428 g/mol. The molecular weight excluding hydrogens is 402 g/mol. The van der Waals surface area contributed by atoms with Crippen LogP contribution < -0.4 is 16.0 Å². The van der Waals surface area contributed by atoms with Crippen molar-refractivity contribution < 1.29 is 13.9 Å². The zero-order valence-corrected chi connectivity index (χ0v) is 17.1. The number of nitrogens with zero attached hydrogens (tertiary/aromatic N) is 3. The third kappa shape index (κ3) is 7.78. The highest BCUT2D eigenvalue weighted by Gasteiger charge is 2.07. The summed E-state index contributed by atoms with van der Waals surface area (Å²) in [6.45, 7) is 1.75. The number of halogens is 2. The van der Waals surface area contributed by atoms with E-state index in [1.54, 1.807) is 24.3 Å². The molecule has 1 aromatic heterocycles. The summed E-state index contributed by atoms with van der Waals surface area (Å²) in [4.78, 5) is 13.1. The fraction of sp³-hybridized carbons (Fsp3) is 0.318. The van der Waals surface area contributed by atoms with Crippen LogP contribution in [0.5, 0.6) is 0 Å². The Balaban J connectivity index is 1.59. The van der Waals surface area contributed by atoms with Gasteiger partial charge in [0.1, 0.15) is 11.6 Å². The molecule has 3 aromatic rings. The normalized spacial score (nSPS) is 10.7. The molecule has 9 heteroatoms. The van der Waals surface area contributed by atoms with Gasteiger partial charge in [-0.3, -0.25) is 0 Å². The van der Waals surface area contributed by atoms with Gasteiger partial charge in [-0.2, -0.15) is 15.0 Å². The lowest BCUT2D eigenvalue weighted by Crippen LogP contribution is -2.15. The second-order valence-electron chi connectivity index (χ2n) is 6.92. The molecule has 0 aliphatic carbocycles. The number of benzene rings is 2. The molecule has 2 aromatic carbocycles. The first-order chi connectivity index (χ1) is 15.1. The molecule has 31 heavy (non-hydrogen) atoms. The van der Waals surface area contributed by atoms with E-state index in [9.17, 15) is 8.78 Å². The summed E-state index contributed by atoms with van der Waals surface area (Å²) in [5.41, 5.74) is 2.00. The number of aliphatic hydroxyl groups is 1. The maximum atomic E-state index is 13.0. The van der Waals surface area contributed by atoms with E-state index in [0.29, 0.717) is 56.7 Å². The lowest BCUT2D eigenvalue weighted by molar-refractivity contribution is 0.292. The van der Waals surface area contributed by atoms with Gasteiger partial charge in [-0.25, -0.2) is 8.78 Å². The third-order valence-electron chi connectivity index (χ3n) is 4.47. The van der Waals surface area contributed by atoms with Crippen molar-refractivity contribution in [1.82, 2.24) is 15.0 Å². The molecule has 0 amide bonds. The van der Waals surface area contributed by atoms with Gasteiger partial charge in [0.15, 0.2) is 0 Å². The molecule has 0 aliphatic heterocycles. The summed E-state index contributed by atoms with van der Waals surface area (Å²) in [5.74, 6) is 0.700. The summed E-state index contributed by atoms with van der Waals surface area (Å²) in [6, 6.07) is 12.7. The van der Waals surface area contributed by atoms with Crippen molar-refractivity contribution in [2.24, 2.45) is 0 Å². The Morgan fingerprint density at radius 2 is 1.00 bits per heavy atom. The van der Waals surface area contributed by atoms with Crippen molar-refractivity contribution in [3.63, 3.8) is 0 Å². The largest absolute Gasteiger partial charge is 0.396 e. The summed E-state index contributed by atoms with van der Waals surface area (Å²) in [6.07, 6.45) is 1.95. The molecule has 0 aliphatic rings. The maximum Gasteiger partial charge on any atom is 0.229 e. The zero-order chi connectivity index (χ0) is 21.9. The van der Waals surface area contributed by atoms with Gasteiger partial charge in [-0.15, -0.1) is 0 Å². The average Bonchev–Trinajstić information content (AvgIpc) is 2.77. The van der Waals surface area contributed by atoms with E-state index in [2.05, 4.69) is 30.9 Å². The minimum absolute atomic E-state index is 0.0731. The number of hydrogen-bond acceptors (Lipinski definition) is 7. The predicted octanol–water partition coefficient (Wildman–Crippen LogP) is 3.25. The van der Waals surface area contributed by atoms with E-state index in [1.807, 2.05) is 0 Å². The molecule has 0 saturated heterocycles. The fourth-order valence-corrected chi connectivity index (χ4v) is 2.83. The summed E-state index contributed by atoms with van der Waals surface area (Å²) < 4.78 is 26.1. The zero-order valence-electron chi connectivity index (χ0n) is 17.1. The van der Waals surface area contributed by atoms with Gasteiger partial charge in [-0.1, -0.05) is 24.3 Å². The van der Waals surface area contributed by atoms with Crippen molar-refractivity contribution in [3.05, 3.63) is 71.3 Å². The topological polar surface area (TPSA) is 95.0 Å². The van der Waals surface area contributed by atoms with E-state index in [-0.39, 0.29) is 18.2 Å². The van der Waals surface area contributed by atoms with Crippen LogP contribution in [0.3, 0.4) is 0 Å². The van der Waals surface area contributed by atoms with Crippen LogP contribution in [0.15, 0.2) is 48.5 Å². The summed E-state index contributed by atoms with van der Waals surface area (Å²) >= 11 is 0. The molecule has 0 unspecified atom stereocenters.